The highest BCUT2D eigenvalue weighted by Gasteiger charge is 2.12. The summed E-state index contributed by atoms with van der Waals surface area (Å²) in [4.78, 5) is 9.93. The van der Waals surface area contributed by atoms with Crippen molar-refractivity contribution in [3.05, 3.63) is 35.7 Å². The Hall–Kier alpha value is -2.14. The van der Waals surface area contributed by atoms with Gasteiger partial charge in [-0.3, -0.25) is 0 Å². The van der Waals surface area contributed by atoms with E-state index in [1.807, 2.05) is 35.7 Å². The highest BCUT2D eigenvalue weighted by Crippen LogP contribution is 2.31. The van der Waals surface area contributed by atoms with E-state index < -0.39 is 0 Å². The highest BCUT2D eigenvalue weighted by molar-refractivity contribution is 7.16. The molecule has 1 aromatic carbocycles. The Kier molecular flexibility index (Phi) is 3.75. The van der Waals surface area contributed by atoms with Crippen LogP contribution in [0.25, 0.3) is 21.6 Å². The lowest BCUT2D eigenvalue weighted by Gasteiger charge is -2.12. The van der Waals surface area contributed by atoms with Gasteiger partial charge in [0.1, 0.15) is 16.4 Å². The molecule has 0 atom stereocenters. The standard InChI is InChI=1S/C16H17N3OS/c1-10(2)9-20-13-6-4-3-5-11(13)15-18-14(17)12-7-8-21-16(12)19-15/h3-8,10H,9H2,1-2H3,(H2,17,18,19). The molecule has 0 aliphatic rings. The molecule has 0 bridgehead atoms. The van der Waals surface area contributed by atoms with Crippen LogP contribution in [-0.4, -0.2) is 16.6 Å². The minimum Gasteiger partial charge on any atom is -0.493 e. The molecule has 0 saturated heterocycles. The maximum absolute atomic E-state index is 6.03. The van der Waals surface area contributed by atoms with Crippen LogP contribution in [-0.2, 0) is 0 Å². The number of anilines is 1. The van der Waals surface area contributed by atoms with E-state index in [1.54, 1.807) is 11.3 Å². The maximum atomic E-state index is 6.03. The van der Waals surface area contributed by atoms with Gasteiger partial charge in [0.2, 0.25) is 0 Å². The lowest BCUT2D eigenvalue weighted by molar-refractivity contribution is 0.272. The third-order valence-electron chi connectivity index (χ3n) is 3.05. The molecule has 108 valence electrons. The van der Waals surface area contributed by atoms with Crippen molar-refractivity contribution in [2.45, 2.75) is 13.8 Å². The van der Waals surface area contributed by atoms with Gasteiger partial charge in [-0.15, -0.1) is 11.3 Å². The zero-order chi connectivity index (χ0) is 14.8. The minimum atomic E-state index is 0.462. The Morgan fingerprint density at radius 3 is 2.81 bits per heavy atom. The molecule has 0 aliphatic heterocycles. The van der Waals surface area contributed by atoms with Crippen LogP contribution in [0.2, 0.25) is 0 Å². The van der Waals surface area contributed by atoms with Crippen LogP contribution in [0.3, 0.4) is 0 Å². The van der Waals surface area contributed by atoms with Gasteiger partial charge >= 0.3 is 0 Å². The molecule has 2 heterocycles. The van der Waals surface area contributed by atoms with Crippen molar-refractivity contribution in [3.63, 3.8) is 0 Å². The summed E-state index contributed by atoms with van der Waals surface area (Å²) in [5.41, 5.74) is 6.90. The molecule has 3 aromatic rings. The third-order valence-corrected chi connectivity index (χ3v) is 3.86. The predicted octanol–water partition coefficient (Wildman–Crippen LogP) is 3.98. The second-order valence-electron chi connectivity index (χ2n) is 5.27. The summed E-state index contributed by atoms with van der Waals surface area (Å²) in [5.74, 6) is 2.38. The first-order chi connectivity index (χ1) is 10.1. The van der Waals surface area contributed by atoms with Gasteiger partial charge in [-0.05, 0) is 29.5 Å². The van der Waals surface area contributed by atoms with Crippen LogP contribution in [0.5, 0.6) is 5.75 Å². The quantitative estimate of drug-likeness (QED) is 0.791. The summed E-state index contributed by atoms with van der Waals surface area (Å²) in [6.45, 7) is 4.90. The van der Waals surface area contributed by atoms with Crippen LogP contribution < -0.4 is 10.5 Å². The summed E-state index contributed by atoms with van der Waals surface area (Å²) >= 11 is 1.56. The van der Waals surface area contributed by atoms with Crippen molar-refractivity contribution in [2.24, 2.45) is 5.92 Å². The zero-order valence-electron chi connectivity index (χ0n) is 12.0. The van der Waals surface area contributed by atoms with Crippen molar-refractivity contribution >= 4 is 27.4 Å². The highest BCUT2D eigenvalue weighted by atomic mass is 32.1. The average Bonchev–Trinajstić information content (AvgIpc) is 2.94. The second kappa shape index (κ2) is 5.69. The topological polar surface area (TPSA) is 61.0 Å². The molecule has 0 spiro atoms. The predicted molar refractivity (Wildman–Crippen MR) is 87.6 cm³/mol. The van der Waals surface area contributed by atoms with Crippen molar-refractivity contribution in [2.75, 3.05) is 12.3 Å². The summed E-state index contributed by atoms with van der Waals surface area (Å²) in [7, 11) is 0. The molecule has 2 aromatic heterocycles. The lowest BCUT2D eigenvalue weighted by atomic mass is 10.1. The lowest BCUT2D eigenvalue weighted by Crippen LogP contribution is -2.06. The molecule has 0 aliphatic carbocycles. The normalized spacial score (nSPS) is 11.2. The van der Waals surface area contributed by atoms with E-state index in [2.05, 4.69) is 23.8 Å². The Morgan fingerprint density at radius 2 is 2.00 bits per heavy atom. The van der Waals surface area contributed by atoms with Gasteiger partial charge < -0.3 is 10.5 Å². The fourth-order valence-corrected chi connectivity index (χ4v) is 2.80. The van der Waals surface area contributed by atoms with E-state index in [4.69, 9.17) is 10.5 Å². The first kappa shape index (κ1) is 13.8. The van der Waals surface area contributed by atoms with Gasteiger partial charge in [-0.2, -0.15) is 0 Å². The van der Waals surface area contributed by atoms with Crippen LogP contribution >= 0.6 is 11.3 Å². The molecule has 4 nitrogen and oxygen atoms in total. The van der Waals surface area contributed by atoms with Crippen molar-refractivity contribution in [1.82, 2.24) is 9.97 Å². The Balaban J connectivity index is 2.05. The number of aromatic nitrogens is 2. The van der Waals surface area contributed by atoms with Crippen molar-refractivity contribution in [1.29, 1.82) is 0 Å². The molecule has 0 amide bonds. The number of nitrogens with zero attached hydrogens (tertiary/aromatic N) is 2. The van der Waals surface area contributed by atoms with Crippen LogP contribution in [0.4, 0.5) is 5.82 Å². The summed E-state index contributed by atoms with van der Waals surface area (Å²) < 4.78 is 5.87. The third kappa shape index (κ3) is 2.83. The molecular formula is C16H17N3OS. The number of hydrogen-bond acceptors (Lipinski definition) is 5. The molecular weight excluding hydrogens is 282 g/mol. The van der Waals surface area contributed by atoms with Gasteiger partial charge in [0.15, 0.2) is 5.82 Å². The van der Waals surface area contributed by atoms with E-state index in [0.29, 0.717) is 24.2 Å². The molecule has 0 fully saturated rings. The summed E-state index contributed by atoms with van der Waals surface area (Å²) in [6, 6.07) is 9.75. The fourth-order valence-electron chi connectivity index (χ4n) is 2.03. The fraction of sp³-hybridized carbons (Fsp3) is 0.250. The van der Waals surface area contributed by atoms with Crippen LogP contribution in [0.1, 0.15) is 13.8 Å². The number of nitrogen functional groups attached to an aromatic ring is 1. The van der Waals surface area contributed by atoms with E-state index in [0.717, 1.165) is 21.5 Å². The number of ether oxygens (including phenoxy) is 1. The van der Waals surface area contributed by atoms with Crippen LogP contribution in [0, 0.1) is 5.92 Å². The summed E-state index contributed by atoms with van der Waals surface area (Å²) in [6.07, 6.45) is 0. The van der Waals surface area contributed by atoms with Gasteiger partial charge in [0, 0.05) is 0 Å². The Morgan fingerprint density at radius 1 is 1.19 bits per heavy atom. The van der Waals surface area contributed by atoms with Gasteiger partial charge in [0.25, 0.3) is 0 Å². The Bertz CT molecular complexity index is 767. The van der Waals surface area contributed by atoms with Crippen LogP contribution in [0.15, 0.2) is 35.7 Å². The number of para-hydroxylation sites is 1. The van der Waals surface area contributed by atoms with Crippen molar-refractivity contribution in [3.8, 4) is 17.1 Å². The maximum Gasteiger partial charge on any atom is 0.166 e. The van der Waals surface area contributed by atoms with Crippen molar-refractivity contribution < 1.29 is 4.74 Å². The average molecular weight is 299 g/mol. The van der Waals surface area contributed by atoms with E-state index >= 15 is 0 Å². The van der Waals surface area contributed by atoms with Gasteiger partial charge in [-0.1, -0.05) is 26.0 Å². The number of thiophene rings is 1. The number of fused-ring (bicyclic) bond motifs is 1. The first-order valence-electron chi connectivity index (χ1n) is 6.88. The molecule has 0 radical (unpaired) electrons. The number of benzene rings is 1. The number of hydrogen-bond donors (Lipinski definition) is 1. The molecule has 0 saturated carbocycles. The monoisotopic (exact) mass is 299 g/mol. The van der Waals surface area contributed by atoms with Gasteiger partial charge in [-0.25, -0.2) is 9.97 Å². The smallest absolute Gasteiger partial charge is 0.166 e. The van der Waals surface area contributed by atoms with E-state index in [9.17, 15) is 0 Å². The number of rotatable bonds is 4. The second-order valence-corrected chi connectivity index (χ2v) is 6.17. The van der Waals surface area contributed by atoms with Gasteiger partial charge in [0.05, 0.1) is 17.6 Å². The molecule has 5 heteroatoms. The SMILES string of the molecule is CC(C)COc1ccccc1-c1nc(N)c2ccsc2n1. The first-order valence-corrected chi connectivity index (χ1v) is 7.76. The number of nitrogens with two attached hydrogens (primary N) is 1. The Labute approximate surface area is 127 Å². The minimum absolute atomic E-state index is 0.462. The van der Waals surface area contributed by atoms with E-state index in [-0.39, 0.29) is 0 Å². The largest absolute Gasteiger partial charge is 0.493 e. The zero-order valence-corrected chi connectivity index (χ0v) is 12.9. The molecule has 21 heavy (non-hydrogen) atoms. The van der Waals surface area contributed by atoms with E-state index in [1.165, 1.54) is 0 Å². The molecule has 3 rings (SSSR count). The summed E-state index contributed by atoms with van der Waals surface area (Å²) in [5, 5.41) is 2.88. The molecule has 2 N–H and O–H groups in total. The molecule has 0 unspecified atom stereocenters.